The van der Waals surface area contributed by atoms with E-state index in [2.05, 4.69) is 10.6 Å². The highest BCUT2D eigenvalue weighted by Gasteiger charge is 2.08. The number of nitrogens with one attached hydrogen (secondary N) is 2. The van der Waals surface area contributed by atoms with E-state index < -0.39 is 5.97 Å². The zero-order valence-corrected chi connectivity index (χ0v) is 12.0. The smallest absolute Gasteiger partial charge is 0.328 e. The van der Waals surface area contributed by atoms with Gasteiger partial charge in [0, 0.05) is 18.2 Å². The normalized spacial score (nSPS) is 10.4. The molecule has 0 unspecified atom stereocenters. The molecule has 0 radical (unpaired) electrons. The van der Waals surface area contributed by atoms with Crippen molar-refractivity contribution in [3.05, 3.63) is 41.0 Å². The summed E-state index contributed by atoms with van der Waals surface area (Å²) in [6.45, 7) is 4.00. The summed E-state index contributed by atoms with van der Waals surface area (Å²) in [6, 6.07) is 5.00. The molecule has 6 heteroatoms. The van der Waals surface area contributed by atoms with E-state index in [9.17, 15) is 14.4 Å². The maximum absolute atomic E-state index is 12.0. The summed E-state index contributed by atoms with van der Waals surface area (Å²) >= 11 is 0. The van der Waals surface area contributed by atoms with Crippen molar-refractivity contribution in [2.75, 3.05) is 13.1 Å². The van der Waals surface area contributed by atoms with Crippen LogP contribution in [-0.4, -0.2) is 36.0 Å². The molecule has 0 aliphatic heterocycles. The van der Waals surface area contributed by atoms with Gasteiger partial charge in [-0.25, -0.2) is 4.79 Å². The molecule has 1 aromatic rings. The fourth-order valence-electron chi connectivity index (χ4n) is 1.73. The molecule has 0 heterocycles. The number of carboxylic acid groups (broad SMARTS) is 1. The molecule has 112 valence electrons. The molecular weight excluding hydrogens is 272 g/mol. The Labute approximate surface area is 122 Å². The average Bonchev–Trinajstić information content (AvgIpc) is 2.42. The van der Waals surface area contributed by atoms with Gasteiger partial charge in [-0.15, -0.1) is 0 Å². The third-order valence-corrected chi connectivity index (χ3v) is 2.56. The lowest BCUT2D eigenvalue weighted by Gasteiger charge is -2.07. The van der Waals surface area contributed by atoms with Crippen molar-refractivity contribution in [1.82, 2.24) is 10.6 Å². The highest BCUT2D eigenvalue weighted by atomic mass is 16.4. The van der Waals surface area contributed by atoms with Crippen molar-refractivity contribution in [1.29, 1.82) is 0 Å². The second-order valence-electron chi connectivity index (χ2n) is 4.44. The number of amides is 2. The minimum Gasteiger partial charge on any atom is -0.478 e. The molecule has 1 rings (SSSR count). The fourth-order valence-corrected chi connectivity index (χ4v) is 1.73. The highest BCUT2D eigenvalue weighted by Crippen LogP contribution is 2.11. The number of hydrogen-bond donors (Lipinski definition) is 3. The number of benzene rings is 1. The first kappa shape index (κ1) is 16.4. The lowest BCUT2D eigenvalue weighted by molar-refractivity contribution is -0.131. The zero-order valence-electron chi connectivity index (χ0n) is 12.0. The Morgan fingerprint density at radius 3 is 2.52 bits per heavy atom. The Hall–Kier alpha value is -2.63. The van der Waals surface area contributed by atoms with Crippen LogP contribution in [0.5, 0.6) is 0 Å². The van der Waals surface area contributed by atoms with Gasteiger partial charge in [-0.1, -0.05) is 6.07 Å². The number of carboxylic acids is 1. The van der Waals surface area contributed by atoms with Gasteiger partial charge in [0.1, 0.15) is 0 Å². The van der Waals surface area contributed by atoms with Crippen molar-refractivity contribution in [2.24, 2.45) is 0 Å². The molecular formula is C15H18N2O4. The van der Waals surface area contributed by atoms with Crippen LogP contribution < -0.4 is 10.6 Å². The first-order chi connectivity index (χ1) is 9.92. The number of aryl methyl sites for hydroxylation is 1. The summed E-state index contributed by atoms with van der Waals surface area (Å²) in [6.07, 6.45) is 2.42. The summed E-state index contributed by atoms with van der Waals surface area (Å²) < 4.78 is 0. The number of rotatable bonds is 6. The summed E-state index contributed by atoms with van der Waals surface area (Å²) in [5, 5.41) is 13.7. The first-order valence-electron chi connectivity index (χ1n) is 6.50. The van der Waals surface area contributed by atoms with E-state index in [4.69, 9.17) is 5.11 Å². The van der Waals surface area contributed by atoms with Crippen LogP contribution in [0, 0.1) is 6.92 Å². The van der Waals surface area contributed by atoms with Crippen LogP contribution in [-0.2, 0) is 9.59 Å². The molecule has 1 aromatic carbocycles. The molecule has 0 atom stereocenters. The van der Waals surface area contributed by atoms with Crippen LogP contribution in [0.3, 0.4) is 0 Å². The van der Waals surface area contributed by atoms with E-state index in [1.807, 2.05) is 0 Å². The van der Waals surface area contributed by atoms with Gasteiger partial charge in [0.15, 0.2) is 0 Å². The molecule has 2 amide bonds. The molecule has 0 fully saturated rings. The first-order valence-corrected chi connectivity index (χ1v) is 6.50. The third-order valence-electron chi connectivity index (χ3n) is 2.56. The van der Waals surface area contributed by atoms with Gasteiger partial charge >= 0.3 is 5.97 Å². The largest absolute Gasteiger partial charge is 0.478 e. The van der Waals surface area contributed by atoms with Gasteiger partial charge in [-0.3, -0.25) is 9.59 Å². The number of likely N-dealkylation sites (N-methyl/N-ethyl adjacent to an activating group) is 1. The Kier molecular flexibility index (Phi) is 6.13. The molecule has 6 nitrogen and oxygen atoms in total. The van der Waals surface area contributed by atoms with Crippen LogP contribution in [0.2, 0.25) is 0 Å². The summed E-state index contributed by atoms with van der Waals surface area (Å²) in [4.78, 5) is 33.8. The summed E-state index contributed by atoms with van der Waals surface area (Å²) in [7, 11) is 0. The van der Waals surface area contributed by atoms with Gasteiger partial charge in [-0.2, -0.15) is 0 Å². The molecule has 0 aliphatic rings. The second-order valence-corrected chi connectivity index (χ2v) is 4.44. The molecule has 0 bridgehead atoms. The third kappa shape index (κ3) is 5.90. The van der Waals surface area contributed by atoms with Crippen LogP contribution in [0.15, 0.2) is 24.3 Å². The van der Waals surface area contributed by atoms with Crippen molar-refractivity contribution in [2.45, 2.75) is 13.8 Å². The van der Waals surface area contributed by atoms with Crippen LogP contribution in [0.4, 0.5) is 0 Å². The average molecular weight is 290 g/mol. The minimum absolute atomic E-state index is 0.0963. The number of aliphatic carboxylic acids is 1. The monoisotopic (exact) mass is 290 g/mol. The van der Waals surface area contributed by atoms with Gasteiger partial charge in [-0.05, 0) is 43.2 Å². The maximum Gasteiger partial charge on any atom is 0.328 e. The van der Waals surface area contributed by atoms with Crippen molar-refractivity contribution < 1.29 is 19.5 Å². The lowest BCUT2D eigenvalue weighted by Crippen LogP contribution is -2.36. The Morgan fingerprint density at radius 1 is 1.19 bits per heavy atom. The standard InChI is InChI=1S/C15H18N2O4/c1-3-16-13(18)9-17-15(21)12-7-10(2)6-11(8-12)4-5-14(19)20/h4-8H,3,9H2,1-2H3,(H,16,18)(H,17,21)(H,19,20)/b5-4+. The van der Waals surface area contributed by atoms with Crippen LogP contribution >= 0.6 is 0 Å². The quantitative estimate of drug-likeness (QED) is 0.680. The summed E-state index contributed by atoms with van der Waals surface area (Å²) in [5.41, 5.74) is 1.82. The Bertz CT molecular complexity index is 579. The SMILES string of the molecule is CCNC(=O)CNC(=O)c1cc(C)cc(/C=C/C(=O)O)c1. The molecule has 21 heavy (non-hydrogen) atoms. The van der Waals surface area contributed by atoms with Crippen LogP contribution in [0.25, 0.3) is 6.08 Å². The van der Waals surface area contributed by atoms with Crippen molar-refractivity contribution in [3.8, 4) is 0 Å². The molecule has 0 aliphatic carbocycles. The molecule has 0 aromatic heterocycles. The highest BCUT2D eigenvalue weighted by molar-refractivity contribution is 5.97. The van der Waals surface area contributed by atoms with Gasteiger partial charge in [0.2, 0.25) is 5.91 Å². The number of hydrogen-bond acceptors (Lipinski definition) is 3. The number of carbonyl (C=O) groups excluding carboxylic acids is 2. The number of carbonyl (C=O) groups is 3. The fraction of sp³-hybridized carbons (Fsp3) is 0.267. The van der Waals surface area contributed by atoms with Gasteiger partial charge in [0.25, 0.3) is 5.91 Å². The van der Waals surface area contributed by atoms with E-state index in [1.54, 1.807) is 32.0 Å². The molecule has 0 saturated heterocycles. The predicted molar refractivity (Wildman–Crippen MR) is 78.9 cm³/mol. The summed E-state index contributed by atoms with van der Waals surface area (Å²) in [5.74, 6) is -1.70. The van der Waals surface area contributed by atoms with E-state index in [0.717, 1.165) is 11.6 Å². The van der Waals surface area contributed by atoms with Gasteiger partial charge < -0.3 is 15.7 Å². The van der Waals surface area contributed by atoms with Crippen molar-refractivity contribution >= 4 is 23.9 Å². The Morgan fingerprint density at radius 2 is 1.90 bits per heavy atom. The topological polar surface area (TPSA) is 95.5 Å². The second kappa shape index (κ2) is 7.84. The minimum atomic E-state index is -1.06. The van der Waals surface area contributed by atoms with E-state index in [1.165, 1.54) is 6.08 Å². The maximum atomic E-state index is 12.0. The van der Waals surface area contributed by atoms with Crippen molar-refractivity contribution in [3.63, 3.8) is 0 Å². The van der Waals surface area contributed by atoms with E-state index in [0.29, 0.717) is 17.7 Å². The van der Waals surface area contributed by atoms with E-state index >= 15 is 0 Å². The van der Waals surface area contributed by atoms with E-state index in [-0.39, 0.29) is 18.4 Å². The predicted octanol–water partition coefficient (Wildman–Crippen LogP) is 0.959. The lowest BCUT2D eigenvalue weighted by atomic mass is 10.1. The van der Waals surface area contributed by atoms with Gasteiger partial charge in [0.05, 0.1) is 6.54 Å². The molecule has 0 saturated carbocycles. The Balaban J connectivity index is 2.80. The molecule has 3 N–H and O–H groups in total. The van der Waals surface area contributed by atoms with Crippen LogP contribution in [0.1, 0.15) is 28.4 Å². The zero-order chi connectivity index (χ0) is 15.8. The molecule has 0 spiro atoms.